The number of rotatable bonds is 7. The molecule has 0 unspecified atom stereocenters. The van der Waals surface area contributed by atoms with Gasteiger partial charge in [0.25, 0.3) is 0 Å². The van der Waals surface area contributed by atoms with Gasteiger partial charge in [-0.1, -0.05) is 19.1 Å². The van der Waals surface area contributed by atoms with Crippen molar-refractivity contribution in [2.45, 2.75) is 31.1 Å². The van der Waals surface area contributed by atoms with E-state index in [0.717, 1.165) is 18.4 Å². The predicted octanol–water partition coefficient (Wildman–Crippen LogP) is 1.64. The van der Waals surface area contributed by atoms with Crippen molar-refractivity contribution in [3.63, 3.8) is 0 Å². The molecule has 19 heavy (non-hydrogen) atoms. The van der Waals surface area contributed by atoms with Crippen LogP contribution in [0.15, 0.2) is 29.2 Å². The predicted molar refractivity (Wildman–Crippen MR) is 74.4 cm³/mol. The Morgan fingerprint density at radius 2 is 1.89 bits per heavy atom. The number of sulfonamides is 1. The molecular weight excluding hydrogens is 262 g/mol. The first kappa shape index (κ1) is 14.5. The highest BCUT2D eigenvalue weighted by molar-refractivity contribution is 7.89. The van der Waals surface area contributed by atoms with E-state index in [0.29, 0.717) is 30.3 Å². The summed E-state index contributed by atoms with van der Waals surface area (Å²) in [5.74, 6) is 0.545. The lowest BCUT2D eigenvalue weighted by atomic mass is 10.2. The second-order valence-electron chi connectivity index (χ2n) is 5.02. The van der Waals surface area contributed by atoms with E-state index in [4.69, 9.17) is 5.11 Å². The quantitative estimate of drug-likeness (QED) is 0.827. The summed E-state index contributed by atoms with van der Waals surface area (Å²) >= 11 is 0. The van der Waals surface area contributed by atoms with Crippen LogP contribution >= 0.6 is 0 Å². The molecule has 4 nitrogen and oxygen atoms in total. The molecule has 1 aromatic carbocycles. The highest BCUT2D eigenvalue weighted by Gasteiger charge is 2.30. The van der Waals surface area contributed by atoms with E-state index in [1.807, 2.05) is 6.92 Å². The van der Waals surface area contributed by atoms with Gasteiger partial charge in [0.15, 0.2) is 0 Å². The van der Waals surface area contributed by atoms with Gasteiger partial charge in [-0.05, 0) is 42.9 Å². The third-order valence-electron chi connectivity index (χ3n) is 3.47. The van der Waals surface area contributed by atoms with Crippen LogP contribution in [0.3, 0.4) is 0 Å². The maximum absolute atomic E-state index is 12.5. The van der Waals surface area contributed by atoms with Crippen molar-refractivity contribution in [3.05, 3.63) is 29.8 Å². The van der Waals surface area contributed by atoms with Crippen molar-refractivity contribution in [1.29, 1.82) is 0 Å². The fourth-order valence-electron chi connectivity index (χ4n) is 2.09. The summed E-state index contributed by atoms with van der Waals surface area (Å²) in [6.45, 7) is 3.10. The summed E-state index contributed by atoms with van der Waals surface area (Å²) in [6.07, 6.45) is 2.84. The molecule has 0 atom stereocenters. The fraction of sp³-hybridized carbons (Fsp3) is 0.571. The van der Waals surface area contributed by atoms with Crippen LogP contribution < -0.4 is 0 Å². The van der Waals surface area contributed by atoms with E-state index in [2.05, 4.69) is 0 Å². The van der Waals surface area contributed by atoms with E-state index in [1.165, 1.54) is 0 Å². The van der Waals surface area contributed by atoms with Gasteiger partial charge in [-0.3, -0.25) is 0 Å². The SMILES string of the molecule is CCN(CC1CC1)S(=O)(=O)c1ccc(CCO)cc1. The number of hydrogen-bond acceptors (Lipinski definition) is 3. The van der Waals surface area contributed by atoms with Gasteiger partial charge in [-0.15, -0.1) is 0 Å². The Balaban J connectivity index is 2.16. The van der Waals surface area contributed by atoms with E-state index >= 15 is 0 Å². The second-order valence-corrected chi connectivity index (χ2v) is 6.95. The minimum atomic E-state index is -3.37. The maximum atomic E-state index is 12.5. The van der Waals surface area contributed by atoms with Crippen LogP contribution in [0.4, 0.5) is 0 Å². The van der Waals surface area contributed by atoms with Crippen molar-refractivity contribution in [2.75, 3.05) is 19.7 Å². The molecule has 1 fully saturated rings. The Bertz CT molecular complexity index is 506. The number of benzene rings is 1. The van der Waals surface area contributed by atoms with Crippen LogP contribution in [0.25, 0.3) is 0 Å². The maximum Gasteiger partial charge on any atom is 0.243 e. The average Bonchev–Trinajstić information content (AvgIpc) is 3.21. The number of nitrogens with zero attached hydrogens (tertiary/aromatic N) is 1. The molecule has 5 heteroatoms. The molecule has 2 rings (SSSR count). The van der Waals surface area contributed by atoms with E-state index in [1.54, 1.807) is 28.6 Å². The second kappa shape index (κ2) is 6.03. The Morgan fingerprint density at radius 1 is 1.26 bits per heavy atom. The zero-order chi connectivity index (χ0) is 13.9. The summed E-state index contributed by atoms with van der Waals surface area (Å²) in [5, 5.41) is 8.85. The van der Waals surface area contributed by atoms with Gasteiger partial charge in [0.05, 0.1) is 4.90 Å². The molecule has 1 aliphatic rings. The summed E-state index contributed by atoms with van der Waals surface area (Å²) in [7, 11) is -3.37. The van der Waals surface area contributed by atoms with Gasteiger partial charge in [0.2, 0.25) is 10.0 Å². The van der Waals surface area contributed by atoms with Crippen molar-refractivity contribution in [2.24, 2.45) is 5.92 Å². The normalized spacial score (nSPS) is 15.9. The van der Waals surface area contributed by atoms with Crippen LogP contribution in [0.5, 0.6) is 0 Å². The Labute approximate surface area is 115 Å². The molecule has 0 bridgehead atoms. The minimum Gasteiger partial charge on any atom is -0.396 e. The van der Waals surface area contributed by atoms with E-state index < -0.39 is 10.0 Å². The zero-order valence-corrected chi connectivity index (χ0v) is 12.1. The molecule has 1 N–H and O–H groups in total. The minimum absolute atomic E-state index is 0.0782. The first-order valence-electron chi connectivity index (χ1n) is 6.78. The third kappa shape index (κ3) is 3.55. The standard InChI is InChI=1S/C14H21NO3S/c1-2-15(11-13-3-4-13)19(17,18)14-7-5-12(6-8-14)9-10-16/h5-8,13,16H,2-4,9-11H2,1H3. The number of aliphatic hydroxyl groups is 1. The first-order valence-corrected chi connectivity index (χ1v) is 8.22. The highest BCUT2D eigenvalue weighted by atomic mass is 32.2. The molecule has 0 radical (unpaired) electrons. The molecule has 0 heterocycles. The fourth-order valence-corrected chi connectivity index (χ4v) is 3.62. The molecule has 1 aliphatic carbocycles. The Kier molecular flexibility index (Phi) is 4.60. The van der Waals surface area contributed by atoms with E-state index in [9.17, 15) is 8.42 Å². The lowest BCUT2D eigenvalue weighted by Crippen LogP contribution is -2.32. The lowest BCUT2D eigenvalue weighted by molar-refractivity contribution is 0.299. The molecule has 0 spiro atoms. The number of hydrogen-bond donors (Lipinski definition) is 1. The monoisotopic (exact) mass is 283 g/mol. The zero-order valence-electron chi connectivity index (χ0n) is 11.2. The number of aliphatic hydroxyl groups excluding tert-OH is 1. The van der Waals surface area contributed by atoms with Crippen LogP contribution in [-0.2, 0) is 16.4 Å². The molecular formula is C14H21NO3S. The largest absolute Gasteiger partial charge is 0.396 e. The smallest absolute Gasteiger partial charge is 0.243 e. The summed E-state index contributed by atoms with van der Waals surface area (Å²) in [4.78, 5) is 0.344. The Morgan fingerprint density at radius 3 is 2.37 bits per heavy atom. The Hall–Kier alpha value is -0.910. The molecule has 0 aromatic heterocycles. The molecule has 106 valence electrons. The molecule has 0 amide bonds. The topological polar surface area (TPSA) is 57.6 Å². The van der Waals surface area contributed by atoms with Crippen LogP contribution in [0.2, 0.25) is 0 Å². The molecule has 1 aromatic rings. The van der Waals surface area contributed by atoms with Crippen LogP contribution in [0.1, 0.15) is 25.3 Å². The average molecular weight is 283 g/mol. The first-order chi connectivity index (χ1) is 9.07. The van der Waals surface area contributed by atoms with Gasteiger partial charge in [-0.2, -0.15) is 4.31 Å². The summed E-state index contributed by atoms with van der Waals surface area (Å²) in [6, 6.07) is 6.81. The molecule has 0 aliphatic heterocycles. The molecule has 1 saturated carbocycles. The van der Waals surface area contributed by atoms with Gasteiger partial charge in [0.1, 0.15) is 0 Å². The molecule has 0 saturated heterocycles. The van der Waals surface area contributed by atoms with E-state index in [-0.39, 0.29) is 6.61 Å². The van der Waals surface area contributed by atoms with Gasteiger partial charge >= 0.3 is 0 Å². The van der Waals surface area contributed by atoms with Crippen molar-refractivity contribution >= 4 is 10.0 Å². The van der Waals surface area contributed by atoms with Crippen molar-refractivity contribution in [3.8, 4) is 0 Å². The summed E-state index contributed by atoms with van der Waals surface area (Å²) < 4.78 is 26.5. The highest BCUT2D eigenvalue weighted by Crippen LogP contribution is 2.31. The lowest BCUT2D eigenvalue weighted by Gasteiger charge is -2.20. The van der Waals surface area contributed by atoms with Crippen LogP contribution in [-0.4, -0.2) is 37.5 Å². The van der Waals surface area contributed by atoms with Crippen molar-refractivity contribution < 1.29 is 13.5 Å². The van der Waals surface area contributed by atoms with Gasteiger partial charge < -0.3 is 5.11 Å². The van der Waals surface area contributed by atoms with Gasteiger partial charge in [-0.25, -0.2) is 8.42 Å². The van der Waals surface area contributed by atoms with Gasteiger partial charge in [0, 0.05) is 19.7 Å². The summed E-state index contributed by atoms with van der Waals surface area (Å²) in [5.41, 5.74) is 0.951. The van der Waals surface area contributed by atoms with Crippen molar-refractivity contribution in [1.82, 2.24) is 4.31 Å². The van der Waals surface area contributed by atoms with Crippen LogP contribution in [0, 0.1) is 5.92 Å². The third-order valence-corrected chi connectivity index (χ3v) is 5.43.